The number of carbonyl (C=O) groups is 1. The predicted molar refractivity (Wildman–Crippen MR) is 93.9 cm³/mol. The van der Waals surface area contributed by atoms with Crippen LogP contribution in [0.2, 0.25) is 0 Å². The molecule has 0 N–H and O–H groups in total. The Labute approximate surface area is 147 Å². The minimum absolute atomic E-state index is 0.256. The van der Waals surface area contributed by atoms with Gasteiger partial charge in [0.2, 0.25) is 0 Å². The second-order valence-electron chi connectivity index (χ2n) is 7.46. The molecule has 1 aromatic heterocycles. The molecule has 1 saturated heterocycles. The average Bonchev–Trinajstić information content (AvgIpc) is 3.01. The molecule has 0 unspecified atom stereocenters. The van der Waals surface area contributed by atoms with Crippen molar-refractivity contribution in [1.82, 2.24) is 14.9 Å². The Hall–Kier alpha value is -2.68. The Bertz CT molecular complexity index is 835. The summed E-state index contributed by atoms with van der Waals surface area (Å²) in [7, 11) is 0. The number of hydrogen-bond acceptors (Lipinski definition) is 5. The summed E-state index contributed by atoms with van der Waals surface area (Å²) in [6.07, 6.45) is 3.16. The maximum Gasteiger partial charge on any atom is 0.410 e. The van der Waals surface area contributed by atoms with E-state index in [1.165, 1.54) is 0 Å². The summed E-state index contributed by atoms with van der Waals surface area (Å²) in [5.41, 5.74) is 0.898. The van der Waals surface area contributed by atoms with Crippen LogP contribution in [0.15, 0.2) is 24.4 Å². The predicted octanol–water partition coefficient (Wildman–Crippen LogP) is 3.30. The molecule has 3 rings (SSSR count). The number of rotatable bonds is 2. The molecular weight excluding hydrogens is 316 g/mol. The minimum Gasteiger partial charge on any atom is -0.444 e. The second-order valence-corrected chi connectivity index (χ2v) is 7.46. The zero-order valence-corrected chi connectivity index (χ0v) is 14.8. The van der Waals surface area contributed by atoms with E-state index in [0.717, 1.165) is 23.1 Å². The van der Waals surface area contributed by atoms with Gasteiger partial charge in [-0.3, -0.25) is 0 Å². The molecule has 0 radical (unpaired) electrons. The first-order chi connectivity index (χ1) is 11.8. The van der Waals surface area contributed by atoms with Gasteiger partial charge in [0, 0.05) is 31.1 Å². The van der Waals surface area contributed by atoms with E-state index in [0.29, 0.717) is 31.0 Å². The number of likely N-dealkylation sites (tertiary alicyclic amines) is 1. The van der Waals surface area contributed by atoms with Crippen molar-refractivity contribution < 1.29 is 9.53 Å². The highest BCUT2D eigenvalue weighted by molar-refractivity contribution is 5.79. The third kappa shape index (κ3) is 4.24. The normalized spacial score (nSPS) is 17.5. The molecule has 0 bridgehead atoms. The Morgan fingerprint density at radius 3 is 2.96 bits per heavy atom. The first-order valence-electron chi connectivity index (χ1n) is 8.48. The molecule has 1 amide bonds. The third-order valence-corrected chi connectivity index (χ3v) is 4.17. The molecule has 0 saturated carbocycles. The van der Waals surface area contributed by atoms with Gasteiger partial charge in [0.15, 0.2) is 0 Å². The van der Waals surface area contributed by atoms with Crippen LogP contribution < -0.4 is 0 Å². The molecule has 2 heterocycles. The number of ether oxygens (including phenoxy) is 1. The van der Waals surface area contributed by atoms with Crippen molar-refractivity contribution in [1.29, 1.82) is 5.26 Å². The Balaban J connectivity index is 1.66. The summed E-state index contributed by atoms with van der Waals surface area (Å²) in [5.74, 6) is 1.07. The average molecular weight is 338 g/mol. The van der Waals surface area contributed by atoms with Gasteiger partial charge >= 0.3 is 6.09 Å². The van der Waals surface area contributed by atoms with E-state index in [2.05, 4.69) is 16.0 Å². The standard InChI is InChI=1S/C19H22N4O2/c1-19(2,3)25-18(24)23-7-6-14(12-23)9-17-21-11-15-5-4-13(10-20)8-16(15)22-17/h4-5,8,11,14H,6-7,9,12H2,1-3H3/t14-/m1/s1. The van der Waals surface area contributed by atoms with Crippen LogP contribution in [0.3, 0.4) is 0 Å². The van der Waals surface area contributed by atoms with Gasteiger partial charge in [-0.1, -0.05) is 0 Å². The lowest BCUT2D eigenvalue weighted by Crippen LogP contribution is -2.35. The van der Waals surface area contributed by atoms with Crippen LogP contribution in [0.4, 0.5) is 4.79 Å². The van der Waals surface area contributed by atoms with Gasteiger partial charge in [0.05, 0.1) is 17.1 Å². The third-order valence-electron chi connectivity index (χ3n) is 4.17. The SMILES string of the molecule is CC(C)(C)OC(=O)N1CC[C@H](Cc2ncc3ccc(C#N)cc3n2)C1. The number of aromatic nitrogens is 2. The Morgan fingerprint density at radius 2 is 2.24 bits per heavy atom. The number of hydrogen-bond donors (Lipinski definition) is 0. The summed E-state index contributed by atoms with van der Waals surface area (Å²) in [4.78, 5) is 22.9. The van der Waals surface area contributed by atoms with Gasteiger partial charge < -0.3 is 9.64 Å². The lowest BCUT2D eigenvalue weighted by Gasteiger charge is -2.24. The molecule has 1 fully saturated rings. The van der Waals surface area contributed by atoms with Crippen LogP contribution in [-0.2, 0) is 11.2 Å². The maximum atomic E-state index is 12.1. The molecule has 0 aliphatic carbocycles. The number of nitriles is 1. The smallest absolute Gasteiger partial charge is 0.410 e. The van der Waals surface area contributed by atoms with Crippen molar-refractivity contribution in [2.45, 2.75) is 39.2 Å². The summed E-state index contributed by atoms with van der Waals surface area (Å²) in [6.45, 7) is 6.98. The molecule has 25 heavy (non-hydrogen) atoms. The van der Waals surface area contributed by atoms with Crippen molar-refractivity contribution in [3.63, 3.8) is 0 Å². The fourth-order valence-corrected chi connectivity index (χ4v) is 2.98. The number of benzene rings is 1. The largest absolute Gasteiger partial charge is 0.444 e. The fourth-order valence-electron chi connectivity index (χ4n) is 2.98. The van der Waals surface area contributed by atoms with Crippen molar-refractivity contribution in [3.8, 4) is 6.07 Å². The van der Waals surface area contributed by atoms with Crippen LogP contribution in [0.5, 0.6) is 0 Å². The van der Waals surface area contributed by atoms with Crippen molar-refractivity contribution in [2.75, 3.05) is 13.1 Å². The van der Waals surface area contributed by atoms with Crippen molar-refractivity contribution in [3.05, 3.63) is 35.8 Å². The van der Waals surface area contributed by atoms with E-state index in [1.807, 2.05) is 26.8 Å². The van der Waals surface area contributed by atoms with Crippen LogP contribution >= 0.6 is 0 Å². The quantitative estimate of drug-likeness (QED) is 0.839. The summed E-state index contributed by atoms with van der Waals surface area (Å²) >= 11 is 0. The fraction of sp³-hybridized carbons (Fsp3) is 0.474. The molecule has 1 atom stereocenters. The topological polar surface area (TPSA) is 79.1 Å². The van der Waals surface area contributed by atoms with Crippen LogP contribution in [-0.4, -0.2) is 39.7 Å². The highest BCUT2D eigenvalue weighted by atomic mass is 16.6. The monoisotopic (exact) mass is 338 g/mol. The molecule has 6 nitrogen and oxygen atoms in total. The molecular formula is C19H22N4O2. The number of amides is 1. The van der Waals surface area contributed by atoms with Gasteiger partial charge in [0.1, 0.15) is 11.4 Å². The molecule has 130 valence electrons. The Kier molecular flexibility index (Phi) is 4.58. The van der Waals surface area contributed by atoms with E-state index in [1.54, 1.807) is 23.2 Å². The zero-order chi connectivity index (χ0) is 18.0. The summed E-state index contributed by atoms with van der Waals surface area (Å²) in [5, 5.41) is 9.94. The van der Waals surface area contributed by atoms with Crippen LogP contribution in [0.1, 0.15) is 38.6 Å². The van der Waals surface area contributed by atoms with Gasteiger partial charge in [-0.25, -0.2) is 14.8 Å². The highest BCUT2D eigenvalue weighted by Crippen LogP contribution is 2.22. The molecule has 0 spiro atoms. The molecule has 2 aromatic rings. The molecule has 1 aromatic carbocycles. The molecule has 6 heteroatoms. The maximum absolute atomic E-state index is 12.1. The van der Waals surface area contributed by atoms with Crippen LogP contribution in [0, 0.1) is 17.2 Å². The van der Waals surface area contributed by atoms with Crippen molar-refractivity contribution >= 4 is 17.0 Å². The number of fused-ring (bicyclic) bond motifs is 1. The lowest BCUT2D eigenvalue weighted by atomic mass is 10.0. The first kappa shape index (κ1) is 17.2. The van der Waals surface area contributed by atoms with E-state index in [-0.39, 0.29) is 6.09 Å². The highest BCUT2D eigenvalue weighted by Gasteiger charge is 2.30. The van der Waals surface area contributed by atoms with Gasteiger partial charge in [-0.05, 0) is 51.3 Å². The van der Waals surface area contributed by atoms with Gasteiger partial charge in [0.25, 0.3) is 0 Å². The summed E-state index contributed by atoms with van der Waals surface area (Å²) < 4.78 is 5.43. The van der Waals surface area contributed by atoms with Crippen molar-refractivity contribution in [2.24, 2.45) is 5.92 Å². The minimum atomic E-state index is -0.477. The van der Waals surface area contributed by atoms with E-state index < -0.39 is 5.60 Å². The first-order valence-corrected chi connectivity index (χ1v) is 8.48. The number of carbonyl (C=O) groups excluding carboxylic acids is 1. The van der Waals surface area contributed by atoms with Gasteiger partial charge in [-0.2, -0.15) is 5.26 Å². The van der Waals surface area contributed by atoms with E-state index in [4.69, 9.17) is 10.00 Å². The number of nitrogens with zero attached hydrogens (tertiary/aromatic N) is 4. The van der Waals surface area contributed by atoms with Gasteiger partial charge in [-0.15, -0.1) is 0 Å². The van der Waals surface area contributed by atoms with E-state index in [9.17, 15) is 4.79 Å². The lowest BCUT2D eigenvalue weighted by molar-refractivity contribution is 0.0288. The molecule has 1 aliphatic rings. The van der Waals surface area contributed by atoms with Crippen LogP contribution in [0.25, 0.3) is 10.9 Å². The molecule has 1 aliphatic heterocycles. The van der Waals surface area contributed by atoms with E-state index >= 15 is 0 Å². The zero-order valence-electron chi connectivity index (χ0n) is 14.8. The Morgan fingerprint density at radius 1 is 1.44 bits per heavy atom. The second kappa shape index (κ2) is 6.67. The summed E-state index contributed by atoms with van der Waals surface area (Å²) in [6, 6.07) is 7.53.